The SMILES string of the molecule is Cc1ccc(C)c(NCc2ccc(F)c(C(F)(F)F)c2)c1. The van der Waals surface area contributed by atoms with Crippen molar-refractivity contribution in [3.05, 3.63) is 64.5 Å². The van der Waals surface area contributed by atoms with Gasteiger partial charge >= 0.3 is 6.18 Å². The number of hydrogen-bond acceptors (Lipinski definition) is 1. The van der Waals surface area contributed by atoms with Gasteiger partial charge in [0.15, 0.2) is 0 Å². The second-order valence-corrected chi connectivity index (χ2v) is 4.98. The largest absolute Gasteiger partial charge is 0.419 e. The molecule has 0 saturated heterocycles. The molecule has 0 aliphatic rings. The van der Waals surface area contributed by atoms with Crippen molar-refractivity contribution in [1.29, 1.82) is 0 Å². The van der Waals surface area contributed by atoms with E-state index in [1.807, 2.05) is 32.0 Å². The Labute approximate surface area is 120 Å². The van der Waals surface area contributed by atoms with Crippen molar-refractivity contribution < 1.29 is 17.6 Å². The van der Waals surface area contributed by atoms with Gasteiger partial charge in [-0.1, -0.05) is 18.2 Å². The molecular weight excluding hydrogens is 282 g/mol. The molecule has 1 nitrogen and oxygen atoms in total. The summed E-state index contributed by atoms with van der Waals surface area (Å²) in [5, 5.41) is 3.08. The van der Waals surface area contributed by atoms with Crippen LogP contribution in [0.1, 0.15) is 22.3 Å². The summed E-state index contributed by atoms with van der Waals surface area (Å²) in [6.45, 7) is 4.05. The molecule has 112 valence electrons. The Balaban J connectivity index is 2.19. The van der Waals surface area contributed by atoms with Gasteiger partial charge in [-0.3, -0.25) is 0 Å². The Hall–Kier alpha value is -2.04. The van der Waals surface area contributed by atoms with Crippen LogP contribution in [0.4, 0.5) is 23.2 Å². The fourth-order valence-electron chi connectivity index (χ4n) is 2.02. The summed E-state index contributed by atoms with van der Waals surface area (Å²) in [4.78, 5) is 0. The zero-order valence-electron chi connectivity index (χ0n) is 11.7. The smallest absolute Gasteiger partial charge is 0.381 e. The first kappa shape index (κ1) is 15.4. The molecule has 0 atom stereocenters. The van der Waals surface area contributed by atoms with Crippen molar-refractivity contribution in [3.63, 3.8) is 0 Å². The summed E-state index contributed by atoms with van der Waals surface area (Å²) < 4.78 is 51.2. The van der Waals surface area contributed by atoms with E-state index in [2.05, 4.69) is 5.32 Å². The molecular formula is C16H15F4N. The summed E-state index contributed by atoms with van der Waals surface area (Å²) in [7, 11) is 0. The van der Waals surface area contributed by atoms with Gasteiger partial charge in [-0.15, -0.1) is 0 Å². The Kier molecular flexibility index (Phi) is 4.21. The molecule has 0 bridgehead atoms. The van der Waals surface area contributed by atoms with Crippen molar-refractivity contribution in [2.45, 2.75) is 26.6 Å². The summed E-state index contributed by atoms with van der Waals surface area (Å²) in [6, 6.07) is 8.85. The molecule has 0 saturated carbocycles. The van der Waals surface area contributed by atoms with E-state index in [0.717, 1.165) is 28.9 Å². The number of alkyl halides is 3. The zero-order chi connectivity index (χ0) is 15.6. The van der Waals surface area contributed by atoms with Gasteiger partial charge in [0.05, 0.1) is 5.56 Å². The van der Waals surface area contributed by atoms with E-state index < -0.39 is 17.6 Å². The van der Waals surface area contributed by atoms with Crippen molar-refractivity contribution in [3.8, 4) is 0 Å². The Morgan fingerprint density at radius 2 is 1.71 bits per heavy atom. The first-order valence-corrected chi connectivity index (χ1v) is 6.44. The van der Waals surface area contributed by atoms with Crippen LogP contribution in [0.25, 0.3) is 0 Å². The lowest BCUT2D eigenvalue weighted by Crippen LogP contribution is -2.10. The highest BCUT2D eigenvalue weighted by molar-refractivity contribution is 5.52. The lowest BCUT2D eigenvalue weighted by atomic mass is 10.1. The van der Waals surface area contributed by atoms with Crippen LogP contribution < -0.4 is 5.32 Å². The van der Waals surface area contributed by atoms with Gasteiger partial charge in [0.25, 0.3) is 0 Å². The van der Waals surface area contributed by atoms with Crippen LogP contribution in [-0.4, -0.2) is 0 Å². The number of rotatable bonds is 3. The molecule has 0 heterocycles. The van der Waals surface area contributed by atoms with Gasteiger partial charge < -0.3 is 5.32 Å². The highest BCUT2D eigenvalue weighted by Crippen LogP contribution is 2.32. The molecule has 0 aliphatic heterocycles. The maximum absolute atomic E-state index is 13.2. The molecule has 0 unspecified atom stereocenters. The Morgan fingerprint density at radius 3 is 2.38 bits per heavy atom. The van der Waals surface area contributed by atoms with E-state index in [9.17, 15) is 17.6 Å². The van der Waals surface area contributed by atoms with Crippen molar-refractivity contribution in [2.24, 2.45) is 0 Å². The van der Waals surface area contributed by atoms with Crippen molar-refractivity contribution in [1.82, 2.24) is 0 Å². The molecule has 2 aromatic rings. The van der Waals surface area contributed by atoms with Gasteiger partial charge in [-0.2, -0.15) is 13.2 Å². The van der Waals surface area contributed by atoms with Crippen LogP contribution in [-0.2, 0) is 12.7 Å². The molecule has 1 N–H and O–H groups in total. The molecule has 0 aromatic heterocycles. The van der Waals surface area contributed by atoms with Gasteiger partial charge in [0.2, 0.25) is 0 Å². The zero-order valence-corrected chi connectivity index (χ0v) is 11.7. The van der Waals surface area contributed by atoms with Crippen LogP contribution in [0, 0.1) is 19.7 Å². The van der Waals surface area contributed by atoms with E-state index >= 15 is 0 Å². The predicted octanol–water partition coefficient (Wildman–Crippen LogP) is 5.07. The molecule has 0 spiro atoms. The minimum Gasteiger partial charge on any atom is -0.381 e. The molecule has 0 radical (unpaired) electrons. The number of aryl methyl sites for hydroxylation is 2. The third-order valence-electron chi connectivity index (χ3n) is 3.21. The normalized spacial score (nSPS) is 11.5. The van der Waals surface area contributed by atoms with Gasteiger partial charge in [0, 0.05) is 12.2 Å². The third kappa shape index (κ3) is 3.74. The van der Waals surface area contributed by atoms with Gasteiger partial charge in [0.1, 0.15) is 5.82 Å². The van der Waals surface area contributed by atoms with Crippen LogP contribution in [0.2, 0.25) is 0 Å². The monoisotopic (exact) mass is 297 g/mol. The second-order valence-electron chi connectivity index (χ2n) is 4.98. The van der Waals surface area contributed by atoms with E-state index in [1.165, 1.54) is 6.07 Å². The van der Waals surface area contributed by atoms with Crippen LogP contribution in [0.5, 0.6) is 0 Å². The average Bonchev–Trinajstić information content (AvgIpc) is 2.40. The molecule has 21 heavy (non-hydrogen) atoms. The first-order valence-electron chi connectivity index (χ1n) is 6.44. The number of benzene rings is 2. The summed E-state index contributed by atoms with van der Waals surface area (Å²) >= 11 is 0. The standard InChI is InChI=1S/C16H15F4N/c1-10-3-4-11(2)15(7-10)21-9-12-5-6-14(17)13(8-12)16(18,19)20/h3-8,21H,9H2,1-2H3. The van der Waals surface area contributed by atoms with Crippen LogP contribution in [0.15, 0.2) is 36.4 Å². The molecule has 2 aromatic carbocycles. The molecule has 0 aliphatic carbocycles. The number of anilines is 1. The van der Waals surface area contributed by atoms with Gasteiger partial charge in [-0.05, 0) is 48.7 Å². The second kappa shape index (κ2) is 5.76. The fraction of sp³-hybridized carbons (Fsp3) is 0.250. The lowest BCUT2D eigenvalue weighted by Gasteiger charge is -2.13. The topological polar surface area (TPSA) is 12.0 Å². The lowest BCUT2D eigenvalue weighted by molar-refractivity contribution is -0.140. The molecule has 0 amide bonds. The minimum atomic E-state index is -4.68. The fourth-order valence-corrected chi connectivity index (χ4v) is 2.02. The molecule has 5 heteroatoms. The number of halogens is 4. The van der Waals surface area contributed by atoms with Crippen LogP contribution in [0.3, 0.4) is 0 Å². The van der Waals surface area contributed by atoms with Crippen LogP contribution >= 0.6 is 0 Å². The Morgan fingerprint density at radius 1 is 1.00 bits per heavy atom. The summed E-state index contributed by atoms with van der Waals surface area (Å²) in [5.74, 6) is -1.25. The van der Waals surface area contributed by atoms with Gasteiger partial charge in [-0.25, -0.2) is 4.39 Å². The van der Waals surface area contributed by atoms with E-state index in [-0.39, 0.29) is 6.54 Å². The first-order chi connectivity index (χ1) is 9.77. The average molecular weight is 297 g/mol. The maximum Gasteiger partial charge on any atom is 0.419 e. The van der Waals surface area contributed by atoms with E-state index in [1.54, 1.807) is 0 Å². The molecule has 2 rings (SSSR count). The predicted molar refractivity (Wildman–Crippen MR) is 74.6 cm³/mol. The molecule has 0 fully saturated rings. The van der Waals surface area contributed by atoms with E-state index in [4.69, 9.17) is 0 Å². The minimum absolute atomic E-state index is 0.202. The van der Waals surface area contributed by atoms with Crippen molar-refractivity contribution in [2.75, 3.05) is 5.32 Å². The maximum atomic E-state index is 13.2. The van der Waals surface area contributed by atoms with E-state index in [0.29, 0.717) is 5.56 Å². The third-order valence-corrected chi connectivity index (χ3v) is 3.21. The van der Waals surface area contributed by atoms with Crippen molar-refractivity contribution >= 4 is 5.69 Å². The Bertz CT molecular complexity index is 647. The number of nitrogens with one attached hydrogen (secondary N) is 1. The summed E-state index contributed by atoms with van der Waals surface area (Å²) in [6.07, 6.45) is -4.68. The number of hydrogen-bond donors (Lipinski definition) is 1. The highest BCUT2D eigenvalue weighted by Gasteiger charge is 2.34. The summed E-state index contributed by atoms with van der Waals surface area (Å²) in [5.41, 5.74) is 2.05. The quantitative estimate of drug-likeness (QED) is 0.780. The highest BCUT2D eigenvalue weighted by atomic mass is 19.4.